The number of hydrogen-bond acceptors (Lipinski definition) is 5. The number of aromatic nitrogens is 3. The standard InChI is InChI=1S/C19H21N5O2S/c1-4-16-12(2)9-17(27-16)19(26)23-15-7-5-14(6-8-15)22-18(25)13(3)24-11-20-10-21-24/h5-11,13H,4H2,1-3H3,(H,22,25)(H,23,26)/t13-/m0/s1. The molecule has 2 amide bonds. The molecular formula is C19H21N5O2S. The largest absolute Gasteiger partial charge is 0.324 e. The third-order valence-corrected chi connectivity index (χ3v) is 5.57. The summed E-state index contributed by atoms with van der Waals surface area (Å²) in [5, 5.41) is 9.67. The van der Waals surface area contributed by atoms with Crippen molar-refractivity contribution in [3.05, 3.63) is 58.3 Å². The number of thiophene rings is 1. The molecule has 3 aromatic rings. The van der Waals surface area contributed by atoms with Gasteiger partial charge in [-0.15, -0.1) is 11.3 Å². The summed E-state index contributed by atoms with van der Waals surface area (Å²) >= 11 is 1.52. The second-order valence-electron chi connectivity index (χ2n) is 6.14. The van der Waals surface area contributed by atoms with Crippen molar-refractivity contribution in [2.24, 2.45) is 0 Å². The van der Waals surface area contributed by atoms with Crippen molar-refractivity contribution in [2.45, 2.75) is 33.2 Å². The number of amides is 2. The van der Waals surface area contributed by atoms with Crippen molar-refractivity contribution in [3.8, 4) is 0 Å². The van der Waals surface area contributed by atoms with Gasteiger partial charge in [-0.1, -0.05) is 6.92 Å². The average Bonchev–Trinajstić information content (AvgIpc) is 3.32. The normalized spacial score (nSPS) is 11.8. The van der Waals surface area contributed by atoms with E-state index in [1.165, 1.54) is 33.6 Å². The van der Waals surface area contributed by atoms with Crippen LogP contribution in [0.4, 0.5) is 11.4 Å². The van der Waals surface area contributed by atoms with Crippen molar-refractivity contribution >= 4 is 34.5 Å². The van der Waals surface area contributed by atoms with Crippen molar-refractivity contribution < 1.29 is 9.59 Å². The van der Waals surface area contributed by atoms with Crippen LogP contribution >= 0.6 is 11.3 Å². The van der Waals surface area contributed by atoms with E-state index in [0.717, 1.165) is 12.0 Å². The molecule has 0 radical (unpaired) electrons. The first-order valence-electron chi connectivity index (χ1n) is 8.63. The number of anilines is 2. The van der Waals surface area contributed by atoms with E-state index < -0.39 is 6.04 Å². The molecule has 8 heteroatoms. The zero-order valence-corrected chi connectivity index (χ0v) is 16.2. The van der Waals surface area contributed by atoms with Crippen LogP contribution < -0.4 is 10.6 Å². The molecule has 0 unspecified atom stereocenters. The van der Waals surface area contributed by atoms with E-state index in [2.05, 4.69) is 27.6 Å². The Labute approximate surface area is 161 Å². The number of benzene rings is 1. The Bertz CT molecular complexity index is 932. The van der Waals surface area contributed by atoms with E-state index in [1.807, 2.05) is 13.0 Å². The fraction of sp³-hybridized carbons (Fsp3) is 0.263. The molecular weight excluding hydrogens is 362 g/mol. The number of nitrogens with one attached hydrogen (secondary N) is 2. The highest BCUT2D eigenvalue weighted by atomic mass is 32.1. The van der Waals surface area contributed by atoms with E-state index in [4.69, 9.17) is 0 Å². The molecule has 0 bridgehead atoms. The van der Waals surface area contributed by atoms with E-state index in [1.54, 1.807) is 31.2 Å². The highest BCUT2D eigenvalue weighted by Gasteiger charge is 2.16. The Balaban J connectivity index is 1.61. The molecule has 2 N–H and O–H groups in total. The van der Waals surface area contributed by atoms with E-state index in [0.29, 0.717) is 16.3 Å². The quantitative estimate of drug-likeness (QED) is 0.680. The van der Waals surface area contributed by atoms with Gasteiger partial charge in [0, 0.05) is 16.3 Å². The molecule has 1 atom stereocenters. The number of carbonyl (C=O) groups is 2. The van der Waals surface area contributed by atoms with Crippen LogP contribution in [-0.4, -0.2) is 26.6 Å². The lowest BCUT2D eigenvalue weighted by Crippen LogP contribution is -2.24. The van der Waals surface area contributed by atoms with Crippen LogP contribution in [0, 0.1) is 6.92 Å². The zero-order valence-electron chi connectivity index (χ0n) is 15.4. The van der Waals surface area contributed by atoms with Gasteiger partial charge in [0.2, 0.25) is 5.91 Å². The van der Waals surface area contributed by atoms with Gasteiger partial charge in [-0.3, -0.25) is 9.59 Å². The fourth-order valence-corrected chi connectivity index (χ4v) is 3.61. The molecule has 1 aromatic carbocycles. The highest BCUT2D eigenvalue weighted by Crippen LogP contribution is 2.24. The molecule has 0 aliphatic heterocycles. The second kappa shape index (κ2) is 8.13. The molecule has 2 heterocycles. The van der Waals surface area contributed by atoms with Crippen LogP contribution in [0.2, 0.25) is 0 Å². The lowest BCUT2D eigenvalue weighted by Gasteiger charge is -2.12. The fourth-order valence-electron chi connectivity index (χ4n) is 2.60. The van der Waals surface area contributed by atoms with Gasteiger partial charge in [-0.25, -0.2) is 9.67 Å². The first-order chi connectivity index (χ1) is 13.0. The number of aryl methyl sites for hydroxylation is 2. The summed E-state index contributed by atoms with van der Waals surface area (Å²) in [7, 11) is 0. The van der Waals surface area contributed by atoms with Gasteiger partial charge in [0.25, 0.3) is 5.91 Å². The van der Waals surface area contributed by atoms with Gasteiger partial charge in [0.1, 0.15) is 18.7 Å². The predicted molar refractivity (Wildman–Crippen MR) is 106 cm³/mol. The summed E-state index contributed by atoms with van der Waals surface area (Å²) in [5.41, 5.74) is 2.46. The lowest BCUT2D eigenvalue weighted by atomic mass is 10.2. The average molecular weight is 383 g/mol. The minimum atomic E-state index is -0.471. The molecule has 2 aromatic heterocycles. The first kappa shape index (κ1) is 18.8. The molecule has 27 heavy (non-hydrogen) atoms. The summed E-state index contributed by atoms with van der Waals surface area (Å²) in [4.78, 5) is 30.4. The van der Waals surface area contributed by atoms with Gasteiger partial charge in [0.15, 0.2) is 0 Å². The Morgan fingerprint density at radius 1 is 1.19 bits per heavy atom. The Hall–Kier alpha value is -3.00. The highest BCUT2D eigenvalue weighted by molar-refractivity contribution is 7.14. The summed E-state index contributed by atoms with van der Waals surface area (Å²) in [6, 6.07) is 8.46. The molecule has 0 spiro atoms. The van der Waals surface area contributed by atoms with Crippen LogP contribution in [0.3, 0.4) is 0 Å². The molecule has 0 saturated heterocycles. The van der Waals surface area contributed by atoms with E-state index in [-0.39, 0.29) is 11.8 Å². The number of rotatable bonds is 6. The maximum atomic E-state index is 12.4. The van der Waals surface area contributed by atoms with Crippen molar-refractivity contribution in [3.63, 3.8) is 0 Å². The number of carbonyl (C=O) groups excluding carboxylic acids is 2. The molecule has 3 rings (SSSR count). The van der Waals surface area contributed by atoms with Crippen LogP contribution in [0.5, 0.6) is 0 Å². The van der Waals surface area contributed by atoms with Crippen LogP contribution in [0.1, 0.15) is 40.0 Å². The molecule has 0 aliphatic carbocycles. The zero-order chi connectivity index (χ0) is 19.4. The summed E-state index contributed by atoms with van der Waals surface area (Å²) < 4.78 is 1.48. The second-order valence-corrected chi connectivity index (χ2v) is 7.28. The van der Waals surface area contributed by atoms with Gasteiger partial charge >= 0.3 is 0 Å². The van der Waals surface area contributed by atoms with Gasteiger partial charge < -0.3 is 10.6 Å². The molecule has 140 valence electrons. The summed E-state index contributed by atoms with van der Waals surface area (Å²) in [5.74, 6) is -0.321. The molecule has 0 aliphatic rings. The summed E-state index contributed by atoms with van der Waals surface area (Å²) in [6.45, 7) is 5.84. The van der Waals surface area contributed by atoms with Crippen LogP contribution in [0.15, 0.2) is 43.0 Å². The Morgan fingerprint density at radius 2 is 1.85 bits per heavy atom. The van der Waals surface area contributed by atoms with E-state index >= 15 is 0 Å². The minimum absolute atomic E-state index is 0.126. The van der Waals surface area contributed by atoms with Crippen molar-refractivity contribution in [2.75, 3.05) is 10.6 Å². The molecule has 7 nitrogen and oxygen atoms in total. The van der Waals surface area contributed by atoms with Crippen molar-refractivity contribution in [1.29, 1.82) is 0 Å². The minimum Gasteiger partial charge on any atom is -0.324 e. The SMILES string of the molecule is CCc1sc(C(=O)Nc2ccc(NC(=O)[C@H](C)n3cncn3)cc2)cc1C. The number of nitrogens with zero attached hydrogens (tertiary/aromatic N) is 3. The monoisotopic (exact) mass is 383 g/mol. The maximum absolute atomic E-state index is 12.4. The van der Waals surface area contributed by atoms with Crippen molar-refractivity contribution in [1.82, 2.24) is 14.8 Å². The van der Waals surface area contributed by atoms with Gasteiger partial charge in [-0.05, 0) is 56.2 Å². The molecule has 0 saturated carbocycles. The number of hydrogen-bond donors (Lipinski definition) is 2. The lowest BCUT2D eigenvalue weighted by molar-refractivity contribution is -0.119. The maximum Gasteiger partial charge on any atom is 0.265 e. The molecule has 0 fully saturated rings. The summed E-state index contributed by atoms with van der Waals surface area (Å²) in [6.07, 6.45) is 3.81. The van der Waals surface area contributed by atoms with Gasteiger partial charge in [0.05, 0.1) is 4.88 Å². The first-order valence-corrected chi connectivity index (χ1v) is 9.45. The third kappa shape index (κ3) is 4.40. The Morgan fingerprint density at radius 3 is 2.41 bits per heavy atom. The Kier molecular flexibility index (Phi) is 5.66. The van der Waals surface area contributed by atoms with E-state index in [9.17, 15) is 9.59 Å². The predicted octanol–water partition coefficient (Wildman–Crippen LogP) is 3.66. The topological polar surface area (TPSA) is 88.9 Å². The van der Waals surface area contributed by atoms with Crippen LogP contribution in [0.25, 0.3) is 0 Å². The third-order valence-electron chi connectivity index (χ3n) is 4.19. The van der Waals surface area contributed by atoms with Crippen LogP contribution in [-0.2, 0) is 11.2 Å². The van der Waals surface area contributed by atoms with Gasteiger partial charge in [-0.2, -0.15) is 5.10 Å². The smallest absolute Gasteiger partial charge is 0.265 e.